The van der Waals surface area contributed by atoms with Gasteiger partial charge in [0.2, 0.25) is 11.8 Å². The standard InChI is InChI=1S/C19H28N4O3.2ClH/c1-14(24)17(20)18(26)22-10-7-19(8-11-22)6-5-16(25)23(13-19)12-15-4-2-3-9-21-15;;/h2-4,9,14,17,24H,5-8,10-13,20H2,1H3;2*1H/t14-,17+;;/m1../s1. The smallest absolute Gasteiger partial charge is 0.242 e. The van der Waals surface area contributed by atoms with Gasteiger partial charge in [0.1, 0.15) is 6.04 Å². The van der Waals surface area contributed by atoms with Crippen molar-refractivity contribution in [3.05, 3.63) is 30.1 Å². The fourth-order valence-electron chi connectivity index (χ4n) is 3.96. The molecule has 2 aliphatic heterocycles. The number of carbonyl (C=O) groups excluding carboxylic acids is 2. The first kappa shape index (κ1) is 24.6. The lowest BCUT2D eigenvalue weighted by Gasteiger charge is -2.47. The van der Waals surface area contributed by atoms with Crippen LogP contribution in [0.3, 0.4) is 0 Å². The van der Waals surface area contributed by atoms with Crippen molar-refractivity contribution in [3.63, 3.8) is 0 Å². The topological polar surface area (TPSA) is 99.8 Å². The number of halogens is 2. The molecule has 2 aliphatic rings. The zero-order valence-electron chi connectivity index (χ0n) is 16.1. The molecule has 0 radical (unpaired) electrons. The predicted octanol–water partition coefficient (Wildman–Crippen LogP) is 1.36. The van der Waals surface area contributed by atoms with Crippen LogP contribution in [0.25, 0.3) is 0 Å². The third-order valence-electron chi connectivity index (χ3n) is 5.77. The number of rotatable bonds is 4. The molecule has 1 aromatic rings. The Kier molecular flexibility index (Phi) is 9.14. The molecule has 28 heavy (non-hydrogen) atoms. The van der Waals surface area contributed by atoms with Gasteiger partial charge in [0.15, 0.2) is 0 Å². The molecule has 0 aliphatic carbocycles. The van der Waals surface area contributed by atoms with Crippen molar-refractivity contribution in [1.29, 1.82) is 0 Å². The minimum atomic E-state index is -0.863. The van der Waals surface area contributed by atoms with E-state index in [2.05, 4.69) is 4.98 Å². The van der Waals surface area contributed by atoms with E-state index >= 15 is 0 Å². The van der Waals surface area contributed by atoms with Gasteiger partial charge in [-0.15, -0.1) is 24.8 Å². The highest BCUT2D eigenvalue weighted by atomic mass is 35.5. The molecule has 0 saturated carbocycles. The van der Waals surface area contributed by atoms with Gasteiger partial charge in [-0.1, -0.05) is 6.07 Å². The number of aromatic nitrogens is 1. The van der Waals surface area contributed by atoms with Crippen LogP contribution in [0, 0.1) is 5.41 Å². The van der Waals surface area contributed by atoms with Crippen LogP contribution in [0.4, 0.5) is 0 Å². The lowest BCUT2D eigenvalue weighted by molar-refractivity contribution is -0.144. The van der Waals surface area contributed by atoms with Crippen LogP contribution >= 0.6 is 24.8 Å². The second kappa shape index (κ2) is 10.4. The molecule has 2 amide bonds. The summed E-state index contributed by atoms with van der Waals surface area (Å²) in [6, 6.07) is 4.88. The third-order valence-corrected chi connectivity index (χ3v) is 5.77. The minimum Gasteiger partial charge on any atom is -0.391 e. The van der Waals surface area contributed by atoms with E-state index in [9.17, 15) is 14.7 Å². The Morgan fingerprint density at radius 3 is 2.54 bits per heavy atom. The minimum absolute atomic E-state index is 0. The molecule has 2 atom stereocenters. The van der Waals surface area contributed by atoms with Crippen LogP contribution in [0.2, 0.25) is 0 Å². The monoisotopic (exact) mass is 432 g/mol. The largest absolute Gasteiger partial charge is 0.391 e. The number of amides is 2. The first-order chi connectivity index (χ1) is 12.4. The maximum absolute atomic E-state index is 12.4. The van der Waals surface area contributed by atoms with Crippen LogP contribution in [0.5, 0.6) is 0 Å². The molecule has 7 nitrogen and oxygen atoms in total. The van der Waals surface area contributed by atoms with Gasteiger partial charge in [-0.3, -0.25) is 14.6 Å². The van der Waals surface area contributed by atoms with E-state index in [1.807, 2.05) is 23.1 Å². The summed E-state index contributed by atoms with van der Waals surface area (Å²) < 4.78 is 0. The summed E-state index contributed by atoms with van der Waals surface area (Å²) in [6.07, 6.45) is 4.03. The fourth-order valence-corrected chi connectivity index (χ4v) is 3.96. The van der Waals surface area contributed by atoms with E-state index in [0.717, 1.165) is 25.0 Å². The zero-order chi connectivity index (χ0) is 18.7. The van der Waals surface area contributed by atoms with Gasteiger partial charge in [-0.05, 0) is 43.7 Å². The summed E-state index contributed by atoms with van der Waals surface area (Å²) >= 11 is 0. The van der Waals surface area contributed by atoms with Crippen molar-refractivity contribution in [2.75, 3.05) is 19.6 Å². The number of pyridine rings is 1. The number of nitrogens with zero attached hydrogens (tertiary/aromatic N) is 3. The molecule has 3 N–H and O–H groups in total. The summed E-state index contributed by atoms with van der Waals surface area (Å²) in [7, 11) is 0. The Morgan fingerprint density at radius 2 is 1.96 bits per heavy atom. The molecule has 2 fully saturated rings. The number of carbonyl (C=O) groups is 2. The van der Waals surface area contributed by atoms with Gasteiger partial charge in [-0.25, -0.2) is 0 Å². The van der Waals surface area contributed by atoms with Gasteiger partial charge < -0.3 is 20.6 Å². The summed E-state index contributed by atoms with van der Waals surface area (Å²) in [4.78, 5) is 32.7. The number of hydrogen-bond acceptors (Lipinski definition) is 5. The van der Waals surface area contributed by atoms with Gasteiger partial charge in [0.05, 0.1) is 18.3 Å². The Bertz CT molecular complexity index is 652. The van der Waals surface area contributed by atoms with E-state index in [1.165, 1.54) is 6.92 Å². The number of nitrogens with two attached hydrogens (primary N) is 1. The van der Waals surface area contributed by atoms with Gasteiger partial charge in [0, 0.05) is 32.3 Å². The molecule has 9 heteroatoms. The van der Waals surface area contributed by atoms with Crippen molar-refractivity contribution in [3.8, 4) is 0 Å². The molecular formula is C19H30Cl2N4O3. The van der Waals surface area contributed by atoms with Crippen molar-refractivity contribution in [1.82, 2.24) is 14.8 Å². The van der Waals surface area contributed by atoms with Crippen molar-refractivity contribution < 1.29 is 14.7 Å². The first-order valence-corrected chi connectivity index (χ1v) is 9.30. The van der Waals surface area contributed by atoms with E-state index in [1.54, 1.807) is 11.1 Å². The van der Waals surface area contributed by atoms with Crippen LogP contribution in [-0.4, -0.2) is 63.5 Å². The summed E-state index contributed by atoms with van der Waals surface area (Å²) in [6.45, 7) is 4.05. The first-order valence-electron chi connectivity index (χ1n) is 9.30. The third kappa shape index (κ3) is 5.56. The number of piperidine rings is 2. The number of aliphatic hydroxyl groups is 1. The average molecular weight is 433 g/mol. The van der Waals surface area contributed by atoms with Gasteiger partial charge in [-0.2, -0.15) is 0 Å². The van der Waals surface area contributed by atoms with Gasteiger partial charge >= 0.3 is 0 Å². The Morgan fingerprint density at radius 1 is 1.29 bits per heavy atom. The second-order valence-electron chi connectivity index (χ2n) is 7.66. The maximum atomic E-state index is 12.4. The number of aliphatic hydroxyl groups excluding tert-OH is 1. The SMILES string of the molecule is C[C@@H](O)[C@H](N)C(=O)N1CCC2(CCC(=O)N(Cc3ccccn3)C2)CC1.Cl.Cl. The number of likely N-dealkylation sites (tertiary alicyclic amines) is 2. The molecule has 0 bridgehead atoms. The predicted molar refractivity (Wildman–Crippen MR) is 111 cm³/mol. The quantitative estimate of drug-likeness (QED) is 0.747. The Labute approximate surface area is 178 Å². The Hall–Kier alpha value is -1.41. The number of hydrogen-bond donors (Lipinski definition) is 2. The Balaban J connectivity index is 0.00000196. The van der Waals surface area contributed by atoms with Crippen LogP contribution < -0.4 is 5.73 Å². The second-order valence-corrected chi connectivity index (χ2v) is 7.66. The van der Waals surface area contributed by atoms with Crippen molar-refractivity contribution in [2.24, 2.45) is 11.1 Å². The van der Waals surface area contributed by atoms with Gasteiger partial charge in [0.25, 0.3) is 0 Å². The van der Waals surface area contributed by atoms with Crippen LogP contribution in [-0.2, 0) is 16.1 Å². The molecule has 3 rings (SSSR count). The molecule has 2 saturated heterocycles. The molecule has 0 unspecified atom stereocenters. The normalized spacial score (nSPS) is 20.8. The highest BCUT2D eigenvalue weighted by Crippen LogP contribution is 2.40. The van der Waals surface area contributed by atoms with Crippen LogP contribution in [0.15, 0.2) is 24.4 Å². The molecule has 3 heterocycles. The molecule has 158 valence electrons. The van der Waals surface area contributed by atoms with E-state index < -0.39 is 12.1 Å². The fraction of sp³-hybridized carbons (Fsp3) is 0.632. The highest BCUT2D eigenvalue weighted by Gasteiger charge is 2.42. The van der Waals surface area contributed by atoms with E-state index in [4.69, 9.17) is 5.73 Å². The zero-order valence-corrected chi connectivity index (χ0v) is 17.8. The molecule has 1 spiro atoms. The maximum Gasteiger partial charge on any atom is 0.242 e. The molecule has 0 aromatic carbocycles. The summed E-state index contributed by atoms with van der Waals surface area (Å²) in [5, 5.41) is 9.55. The summed E-state index contributed by atoms with van der Waals surface area (Å²) in [5.41, 5.74) is 6.75. The van der Waals surface area contributed by atoms with E-state index in [0.29, 0.717) is 32.6 Å². The highest BCUT2D eigenvalue weighted by molar-refractivity contribution is 5.85. The van der Waals surface area contributed by atoms with Crippen LogP contribution in [0.1, 0.15) is 38.3 Å². The average Bonchev–Trinajstić information content (AvgIpc) is 2.65. The molecule has 1 aromatic heterocycles. The van der Waals surface area contributed by atoms with Crippen molar-refractivity contribution >= 4 is 36.6 Å². The van der Waals surface area contributed by atoms with E-state index in [-0.39, 0.29) is 42.0 Å². The van der Waals surface area contributed by atoms with Crippen molar-refractivity contribution in [2.45, 2.75) is 51.3 Å². The summed E-state index contributed by atoms with van der Waals surface area (Å²) in [5.74, 6) is -0.0111. The lowest BCUT2D eigenvalue weighted by atomic mass is 9.72. The molecular weight excluding hydrogens is 403 g/mol. The lowest BCUT2D eigenvalue weighted by Crippen LogP contribution is -2.55.